The maximum Gasteiger partial charge on any atom is 0.247 e. The van der Waals surface area contributed by atoms with Gasteiger partial charge in [-0.2, -0.15) is 4.98 Å². The second-order valence-electron chi connectivity index (χ2n) is 7.17. The van der Waals surface area contributed by atoms with Crippen LogP contribution in [0.15, 0.2) is 78.5 Å². The van der Waals surface area contributed by atoms with Crippen molar-refractivity contribution in [2.24, 2.45) is 0 Å². The molecule has 0 bridgehead atoms. The molecule has 0 aliphatic carbocycles. The predicted molar refractivity (Wildman–Crippen MR) is 128 cm³/mol. The summed E-state index contributed by atoms with van der Waals surface area (Å²) in [5.74, 6) is 1.90. The van der Waals surface area contributed by atoms with Crippen molar-refractivity contribution >= 4 is 28.2 Å². The SMILES string of the molecule is C=CCSc1nnc2c(n1)O[C@@H](c1c(OCC)ccc3ccccc13)Nc1ccccc1-2. The Kier molecular flexibility index (Phi) is 5.64. The largest absolute Gasteiger partial charge is 0.493 e. The molecule has 0 spiro atoms. The number of hydrogen-bond donors (Lipinski definition) is 1. The Morgan fingerprint density at radius 3 is 2.81 bits per heavy atom. The molecule has 160 valence electrons. The van der Waals surface area contributed by atoms with E-state index in [4.69, 9.17) is 9.47 Å². The number of ether oxygens (including phenoxy) is 2. The van der Waals surface area contributed by atoms with E-state index in [0.29, 0.717) is 29.1 Å². The van der Waals surface area contributed by atoms with E-state index < -0.39 is 6.23 Å². The summed E-state index contributed by atoms with van der Waals surface area (Å²) in [6, 6.07) is 20.2. The number of rotatable bonds is 6. The van der Waals surface area contributed by atoms with Gasteiger partial charge in [-0.25, -0.2) is 0 Å². The zero-order chi connectivity index (χ0) is 21.9. The molecule has 0 radical (unpaired) electrons. The molecule has 32 heavy (non-hydrogen) atoms. The number of thioether (sulfide) groups is 1. The van der Waals surface area contributed by atoms with Gasteiger partial charge in [0.1, 0.15) is 5.75 Å². The molecule has 1 aliphatic rings. The minimum absolute atomic E-state index is 0.435. The summed E-state index contributed by atoms with van der Waals surface area (Å²) < 4.78 is 12.5. The summed E-state index contributed by atoms with van der Waals surface area (Å²) in [6.07, 6.45) is 1.28. The van der Waals surface area contributed by atoms with Crippen molar-refractivity contribution in [3.05, 3.63) is 78.9 Å². The molecule has 3 aromatic carbocycles. The Labute approximate surface area is 190 Å². The highest BCUT2D eigenvalue weighted by Crippen LogP contribution is 2.43. The van der Waals surface area contributed by atoms with Crippen molar-refractivity contribution in [2.75, 3.05) is 17.7 Å². The number of hydrogen-bond acceptors (Lipinski definition) is 7. The second kappa shape index (κ2) is 8.88. The number of benzene rings is 3. The van der Waals surface area contributed by atoms with Crippen LogP contribution < -0.4 is 14.8 Å². The minimum Gasteiger partial charge on any atom is -0.493 e. The molecule has 2 heterocycles. The minimum atomic E-state index is -0.529. The third-order valence-corrected chi connectivity index (χ3v) is 5.99. The highest BCUT2D eigenvalue weighted by Gasteiger charge is 2.29. The third-order valence-electron chi connectivity index (χ3n) is 5.16. The van der Waals surface area contributed by atoms with Crippen molar-refractivity contribution < 1.29 is 9.47 Å². The van der Waals surface area contributed by atoms with Crippen molar-refractivity contribution in [2.45, 2.75) is 18.3 Å². The van der Waals surface area contributed by atoms with Gasteiger partial charge < -0.3 is 14.8 Å². The van der Waals surface area contributed by atoms with Crippen LogP contribution in [0.5, 0.6) is 11.6 Å². The molecule has 1 N–H and O–H groups in total. The lowest BCUT2D eigenvalue weighted by atomic mass is 10.0. The molecular weight excluding hydrogens is 420 g/mol. The van der Waals surface area contributed by atoms with Crippen LogP contribution in [0.1, 0.15) is 18.7 Å². The van der Waals surface area contributed by atoms with Crippen LogP contribution in [0.2, 0.25) is 0 Å². The molecule has 5 rings (SSSR count). The number of para-hydroxylation sites is 1. The first-order valence-electron chi connectivity index (χ1n) is 10.4. The maximum absolute atomic E-state index is 6.50. The van der Waals surface area contributed by atoms with Crippen LogP contribution in [0.4, 0.5) is 5.69 Å². The molecule has 0 unspecified atom stereocenters. The van der Waals surface area contributed by atoms with Gasteiger partial charge in [-0.3, -0.25) is 0 Å². The van der Waals surface area contributed by atoms with Crippen molar-refractivity contribution in [1.82, 2.24) is 15.2 Å². The van der Waals surface area contributed by atoms with Crippen molar-refractivity contribution in [1.29, 1.82) is 0 Å². The van der Waals surface area contributed by atoms with Crippen LogP contribution in [0.3, 0.4) is 0 Å². The fourth-order valence-corrected chi connectivity index (χ4v) is 4.31. The van der Waals surface area contributed by atoms with Gasteiger partial charge in [0.05, 0.1) is 12.2 Å². The average molecular weight is 443 g/mol. The molecule has 0 amide bonds. The zero-order valence-electron chi connectivity index (χ0n) is 17.6. The summed E-state index contributed by atoms with van der Waals surface area (Å²) in [4.78, 5) is 4.68. The smallest absolute Gasteiger partial charge is 0.247 e. The van der Waals surface area contributed by atoms with Gasteiger partial charge in [-0.1, -0.05) is 66.4 Å². The Bertz CT molecular complexity index is 1290. The lowest BCUT2D eigenvalue weighted by Crippen LogP contribution is -2.19. The van der Waals surface area contributed by atoms with E-state index in [-0.39, 0.29) is 0 Å². The third kappa shape index (κ3) is 3.76. The van der Waals surface area contributed by atoms with E-state index in [1.54, 1.807) is 0 Å². The molecule has 6 nitrogen and oxygen atoms in total. The van der Waals surface area contributed by atoms with Gasteiger partial charge in [0, 0.05) is 17.0 Å². The van der Waals surface area contributed by atoms with Gasteiger partial charge in [-0.15, -0.1) is 16.8 Å². The molecule has 1 aromatic heterocycles. The molecule has 0 saturated heterocycles. The monoisotopic (exact) mass is 442 g/mol. The first-order chi connectivity index (χ1) is 15.8. The van der Waals surface area contributed by atoms with E-state index in [0.717, 1.165) is 33.3 Å². The standard InChI is InChI=1S/C25H22N4O2S/c1-3-15-32-25-27-24-22(28-29-25)18-11-7-8-12-19(18)26-23(31-24)21-17-10-6-5-9-16(17)13-14-20(21)30-4-2/h3,5-14,23,26H,1,4,15H2,2H3/t23-/m0/s1. The molecule has 1 atom stereocenters. The van der Waals surface area contributed by atoms with Crippen LogP contribution in [0.25, 0.3) is 22.0 Å². The number of nitrogens with one attached hydrogen (secondary N) is 1. The van der Waals surface area contributed by atoms with E-state index in [1.165, 1.54) is 11.8 Å². The summed E-state index contributed by atoms with van der Waals surface area (Å²) in [5.41, 5.74) is 3.32. The van der Waals surface area contributed by atoms with Crippen LogP contribution in [0, 0.1) is 0 Å². The van der Waals surface area contributed by atoms with Gasteiger partial charge in [-0.05, 0) is 29.8 Å². The Balaban J connectivity index is 1.69. The number of aromatic nitrogens is 3. The highest BCUT2D eigenvalue weighted by atomic mass is 32.2. The van der Waals surface area contributed by atoms with Crippen LogP contribution in [-0.2, 0) is 0 Å². The first-order valence-corrected chi connectivity index (χ1v) is 11.4. The first kappa shape index (κ1) is 20.3. The second-order valence-corrected chi connectivity index (χ2v) is 8.15. The predicted octanol–water partition coefficient (Wildman–Crippen LogP) is 5.87. The van der Waals surface area contributed by atoms with E-state index >= 15 is 0 Å². The van der Waals surface area contributed by atoms with Gasteiger partial charge >= 0.3 is 0 Å². The Morgan fingerprint density at radius 2 is 1.94 bits per heavy atom. The molecule has 0 saturated carbocycles. The molecule has 4 aromatic rings. The Morgan fingerprint density at radius 1 is 1.09 bits per heavy atom. The van der Waals surface area contributed by atoms with E-state index in [9.17, 15) is 0 Å². The molecular formula is C25H22N4O2S. The van der Waals surface area contributed by atoms with Crippen LogP contribution in [-0.4, -0.2) is 27.5 Å². The lowest BCUT2D eigenvalue weighted by Gasteiger charge is -2.23. The number of anilines is 1. The van der Waals surface area contributed by atoms with E-state index in [1.807, 2.05) is 55.5 Å². The quantitative estimate of drug-likeness (QED) is 0.296. The number of nitrogens with zero attached hydrogens (tertiary/aromatic N) is 3. The molecule has 0 fully saturated rings. The van der Waals surface area contributed by atoms with Gasteiger partial charge in [0.2, 0.25) is 17.3 Å². The fourth-order valence-electron chi connectivity index (χ4n) is 3.80. The topological polar surface area (TPSA) is 69.2 Å². The number of fused-ring (bicyclic) bond motifs is 4. The highest BCUT2D eigenvalue weighted by molar-refractivity contribution is 7.99. The van der Waals surface area contributed by atoms with Gasteiger partial charge in [0.25, 0.3) is 0 Å². The summed E-state index contributed by atoms with van der Waals surface area (Å²) in [5, 5.41) is 15.0. The fraction of sp³-hybridized carbons (Fsp3) is 0.160. The van der Waals surface area contributed by atoms with E-state index in [2.05, 4.69) is 45.3 Å². The maximum atomic E-state index is 6.50. The normalized spacial score (nSPS) is 14.5. The Hall–Kier alpha value is -3.58. The molecule has 7 heteroatoms. The molecule has 1 aliphatic heterocycles. The van der Waals surface area contributed by atoms with Crippen molar-refractivity contribution in [3.8, 4) is 22.9 Å². The van der Waals surface area contributed by atoms with Gasteiger partial charge in [0.15, 0.2) is 5.69 Å². The zero-order valence-corrected chi connectivity index (χ0v) is 18.4. The lowest BCUT2D eigenvalue weighted by molar-refractivity contribution is 0.218. The van der Waals surface area contributed by atoms with Crippen molar-refractivity contribution in [3.63, 3.8) is 0 Å². The summed E-state index contributed by atoms with van der Waals surface area (Å²) in [6.45, 7) is 6.29. The average Bonchev–Trinajstić information content (AvgIpc) is 2.99. The summed E-state index contributed by atoms with van der Waals surface area (Å²) in [7, 11) is 0. The summed E-state index contributed by atoms with van der Waals surface area (Å²) >= 11 is 1.46. The van der Waals surface area contributed by atoms with Crippen LogP contribution >= 0.6 is 11.8 Å².